The molecule has 1 heterocycles. The Morgan fingerprint density at radius 1 is 1.33 bits per heavy atom. The lowest BCUT2D eigenvalue weighted by atomic mass is 9.82. The lowest BCUT2D eigenvalue weighted by Crippen LogP contribution is -2.42. The third-order valence-electron chi connectivity index (χ3n) is 4.68. The van der Waals surface area contributed by atoms with Gasteiger partial charge in [-0.15, -0.1) is 0 Å². The summed E-state index contributed by atoms with van der Waals surface area (Å²) in [5, 5.41) is 10.5. The SMILES string of the molecule is CCC1CC(C)CN1C(=O)CC1(O)CCCCC1. The monoisotopic (exact) mass is 253 g/mol. The number of likely N-dealkylation sites (tertiary alicyclic amines) is 1. The predicted octanol–water partition coefficient (Wildman–Crippen LogP) is 2.72. The van der Waals surface area contributed by atoms with E-state index in [4.69, 9.17) is 0 Å². The highest BCUT2D eigenvalue weighted by Crippen LogP contribution is 2.33. The van der Waals surface area contributed by atoms with Crippen LogP contribution in [0.15, 0.2) is 0 Å². The Morgan fingerprint density at radius 3 is 2.61 bits per heavy atom. The van der Waals surface area contributed by atoms with E-state index in [9.17, 15) is 9.90 Å². The van der Waals surface area contributed by atoms with Gasteiger partial charge in [-0.2, -0.15) is 0 Å². The number of aliphatic hydroxyl groups is 1. The number of carbonyl (C=O) groups is 1. The predicted molar refractivity (Wildman–Crippen MR) is 72.2 cm³/mol. The van der Waals surface area contributed by atoms with Crippen molar-refractivity contribution in [2.24, 2.45) is 5.92 Å². The fourth-order valence-corrected chi connectivity index (χ4v) is 3.61. The molecule has 0 radical (unpaired) electrons. The second-order valence-electron chi connectivity index (χ2n) is 6.41. The molecule has 1 aliphatic carbocycles. The molecule has 2 unspecified atom stereocenters. The minimum atomic E-state index is -0.709. The van der Waals surface area contributed by atoms with Crippen LogP contribution in [0.5, 0.6) is 0 Å². The summed E-state index contributed by atoms with van der Waals surface area (Å²) in [4.78, 5) is 14.4. The van der Waals surface area contributed by atoms with Gasteiger partial charge in [-0.1, -0.05) is 33.1 Å². The van der Waals surface area contributed by atoms with E-state index in [2.05, 4.69) is 13.8 Å². The van der Waals surface area contributed by atoms with Gasteiger partial charge in [-0.3, -0.25) is 4.79 Å². The zero-order valence-electron chi connectivity index (χ0n) is 11.8. The molecule has 1 aliphatic heterocycles. The molecule has 2 rings (SSSR count). The molecule has 0 aromatic rings. The maximum Gasteiger partial charge on any atom is 0.225 e. The van der Waals surface area contributed by atoms with Crippen molar-refractivity contribution < 1.29 is 9.90 Å². The Labute approximate surface area is 111 Å². The highest BCUT2D eigenvalue weighted by Gasteiger charge is 2.37. The van der Waals surface area contributed by atoms with Gasteiger partial charge < -0.3 is 10.0 Å². The first-order chi connectivity index (χ1) is 8.54. The highest BCUT2D eigenvalue weighted by molar-refractivity contribution is 5.78. The third kappa shape index (κ3) is 3.05. The zero-order chi connectivity index (χ0) is 13.2. The van der Waals surface area contributed by atoms with Crippen molar-refractivity contribution in [1.29, 1.82) is 0 Å². The summed E-state index contributed by atoms with van der Waals surface area (Å²) in [6.07, 6.45) is 7.45. The van der Waals surface area contributed by atoms with Crippen LogP contribution < -0.4 is 0 Å². The molecule has 0 aromatic carbocycles. The number of amides is 1. The standard InChI is InChI=1S/C15H27NO2/c1-3-13-9-12(2)11-16(13)14(17)10-15(18)7-5-4-6-8-15/h12-13,18H,3-11H2,1-2H3. The number of rotatable bonds is 3. The van der Waals surface area contributed by atoms with E-state index in [1.807, 2.05) is 4.90 Å². The van der Waals surface area contributed by atoms with Gasteiger partial charge >= 0.3 is 0 Å². The molecule has 0 bridgehead atoms. The van der Waals surface area contributed by atoms with E-state index >= 15 is 0 Å². The van der Waals surface area contributed by atoms with Gasteiger partial charge in [0, 0.05) is 12.6 Å². The van der Waals surface area contributed by atoms with Gasteiger partial charge in [0.05, 0.1) is 12.0 Å². The maximum absolute atomic E-state index is 12.4. The van der Waals surface area contributed by atoms with E-state index in [0.717, 1.165) is 45.1 Å². The first-order valence-corrected chi connectivity index (χ1v) is 7.56. The number of hydrogen-bond acceptors (Lipinski definition) is 2. The summed E-state index contributed by atoms with van der Waals surface area (Å²) in [6, 6.07) is 0.402. The van der Waals surface area contributed by atoms with Crippen molar-refractivity contribution in [2.75, 3.05) is 6.54 Å². The van der Waals surface area contributed by atoms with Crippen molar-refractivity contribution in [2.45, 2.75) is 76.9 Å². The molecule has 104 valence electrons. The smallest absolute Gasteiger partial charge is 0.225 e. The fourth-order valence-electron chi connectivity index (χ4n) is 3.61. The first-order valence-electron chi connectivity index (χ1n) is 7.56. The summed E-state index contributed by atoms with van der Waals surface area (Å²) < 4.78 is 0. The second kappa shape index (κ2) is 5.60. The number of nitrogens with zero attached hydrogens (tertiary/aromatic N) is 1. The second-order valence-corrected chi connectivity index (χ2v) is 6.41. The molecule has 2 fully saturated rings. The summed E-state index contributed by atoms with van der Waals surface area (Å²) in [7, 11) is 0. The fraction of sp³-hybridized carbons (Fsp3) is 0.933. The van der Waals surface area contributed by atoms with Crippen LogP contribution in [-0.2, 0) is 4.79 Å². The van der Waals surface area contributed by atoms with Crippen molar-refractivity contribution in [3.63, 3.8) is 0 Å². The average molecular weight is 253 g/mol. The van der Waals surface area contributed by atoms with Crippen LogP contribution in [-0.4, -0.2) is 34.1 Å². The van der Waals surface area contributed by atoms with E-state index in [-0.39, 0.29) is 5.91 Å². The number of carbonyl (C=O) groups excluding carboxylic acids is 1. The molecular weight excluding hydrogens is 226 g/mol. The molecule has 0 spiro atoms. The Bertz CT molecular complexity index is 297. The highest BCUT2D eigenvalue weighted by atomic mass is 16.3. The average Bonchev–Trinajstić information content (AvgIpc) is 2.71. The summed E-state index contributed by atoms with van der Waals surface area (Å²) in [5.41, 5.74) is -0.709. The molecule has 2 atom stereocenters. The van der Waals surface area contributed by atoms with E-state index in [0.29, 0.717) is 18.4 Å². The van der Waals surface area contributed by atoms with Crippen molar-refractivity contribution >= 4 is 5.91 Å². The van der Waals surface area contributed by atoms with Crippen LogP contribution in [0.2, 0.25) is 0 Å². The molecule has 1 saturated heterocycles. The minimum absolute atomic E-state index is 0.176. The van der Waals surface area contributed by atoms with Crippen molar-refractivity contribution in [3.05, 3.63) is 0 Å². The lowest BCUT2D eigenvalue weighted by molar-refractivity contribution is -0.138. The largest absolute Gasteiger partial charge is 0.389 e. The minimum Gasteiger partial charge on any atom is -0.389 e. The maximum atomic E-state index is 12.4. The van der Waals surface area contributed by atoms with Crippen molar-refractivity contribution in [1.82, 2.24) is 4.90 Å². The van der Waals surface area contributed by atoms with E-state index in [1.54, 1.807) is 0 Å². The molecule has 3 nitrogen and oxygen atoms in total. The van der Waals surface area contributed by atoms with Crippen LogP contribution >= 0.6 is 0 Å². The number of hydrogen-bond donors (Lipinski definition) is 1. The van der Waals surface area contributed by atoms with E-state index < -0.39 is 5.60 Å². The molecule has 3 heteroatoms. The quantitative estimate of drug-likeness (QED) is 0.840. The summed E-state index contributed by atoms with van der Waals surface area (Å²) >= 11 is 0. The van der Waals surface area contributed by atoms with Crippen LogP contribution in [0.1, 0.15) is 65.2 Å². The van der Waals surface area contributed by atoms with Gasteiger partial charge in [0.2, 0.25) is 5.91 Å². The molecule has 0 aromatic heterocycles. The first kappa shape index (κ1) is 13.9. The van der Waals surface area contributed by atoms with E-state index in [1.165, 1.54) is 6.42 Å². The molecule has 1 amide bonds. The van der Waals surface area contributed by atoms with Gasteiger partial charge in [0.25, 0.3) is 0 Å². The van der Waals surface area contributed by atoms with Gasteiger partial charge in [-0.25, -0.2) is 0 Å². The molecule has 2 aliphatic rings. The van der Waals surface area contributed by atoms with Gasteiger partial charge in [0.1, 0.15) is 0 Å². The summed E-state index contributed by atoms with van der Waals surface area (Å²) in [5.74, 6) is 0.787. The Morgan fingerprint density at radius 2 is 2.00 bits per heavy atom. The van der Waals surface area contributed by atoms with Crippen LogP contribution in [0.3, 0.4) is 0 Å². The van der Waals surface area contributed by atoms with Crippen LogP contribution in [0.25, 0.3) is 0 Å². The van der Waals surface area contributed by atoms with Gasteiger partial charge in [0.15, 0.2) is 0 Å². The Kier molecular flexibility index (Phi) is 4.31. The molecular formula is C15H27NO2. The Hall–Kier alpha value is -0.570. The summed E-state index contributed by atoms with van der Waals surface area (Å²) in [6.45, 7) is 5.25. The molecule has 18 heavy (non-hydrogen) atoms. The third-order valence-corrected chi connectivity index (χ3v) is 4.68. The lowest BCUT2D eigenvalue weighted by Gasteiger charge is -2.34. The molecule has 1 N–H and O–H groups in total. The van der Waals surface area contributed by atoms with Crippen LogP contribution in [0.4, 0.5) is 0 Å². The Balaban J connectivity index is 1.94. The zero-order valence-corrected chi connectivity index (χ0v) is 11.8. The van der Waals surface area contributed by atoms with Gasteiger partial charge in [-0.05, 0) is 31.6 Å². The topological polar surface area (TPSA) is 40.5 Å². The normalized spacial score (nSPS) is 31.6. The van der Waals surface area contributed by atoms with Crippen molar-refractivity contribution in [3.8, 4) is 0 Å². The van der Waals surface area contributed by atoms with Crippen LogP contribution in [0, 0.1) is 5.92 Å². The molecule has 1 saturated carbocycles.